The van der Waals surface area contributed by atoms with Gasteiger partial charge in [-0.25, -0.2) is 9.97 Å². The molecule has 0 aliphatic carbocycles. The van der Waals surface area contributed by atoms with Crippen molar-refractivity contribution in [1.29, 1.82) is 0 Å². The van der Waals surface area contributed by atoms with Gasteiger partial charge in [0.25, 0.3) is 0 Å². The van der Waals surface area contributed by atoms with Crippen molar-refractivity contribution in [3.63, 3.8) is 0 Å². The number of unbranched alkanes of at least 4 members (excludes halogenated alkanes) is 2. The Hall–Kier alpha value is -1.44. The Morgan fingerprint density at radius 2 is 1.88 bits per heavy atom. The third-order valence-corrected chi connectivity index (χ3v) is 2.84. The molecule has 84 valence electrons. The van der Waals surface area contributed by atoms with Crippen molar-refractivity contribution in [2.24, 2.45) is 0 Å². The van der Waals surface area contributed by atoms with Gasteiger partial charge < -0.3 is 0 Å². The van der Waals surface area contributed by atoms with Crippen molar-refractivity contribution in [3.05, 3.63) is 35.8 Å². The van der Waals surface area contributed by atoms with Crippen LogP contribution in [0.25, 0.3) is 10.9 Å². The first-order chi connectivity index (χ1) is 7.81. The molecular formula is C14H18N2. The van der Waals surface area contributed by atoms with E-state index in [-0.39, 0.29) is 0 Å². The molecule has 2 nitrogen and oxygen atoms in total. The van der Waals surface area contributed by atoms with Crippen molar-refractivity contribution in [1.82, 2.24) is 9.97 Å². The second-order valence-electron chi connectivity index (χ2n) is 4.20. The zero-order chi connectivity index (χ0) is 11.4. The predicted octanol–water partition coefficient (Wildman–Crippen LogP) is 3.67. The summed E-state index contributed by atoms with van der Waals surface area (Å²) in [6, 6.07) is 8.22. The van der Waals surface area contributed by atoms with Gasteiger partial charge in [-0.2, -0.15) is 0 Å². The van der Waals surface area contributed by atoms with E-state index in [1.165, 1.54) is 24.6 Å². The van der Waals surface area contributed by atoms with Crippen molar-refractivity contribution >= 4 is 10.9 Å². The second kappa shape index (κ2) is 5.06. The minimum Gasteiger partial charge on any atom is -0.238 e. The molecule has 0 N–H and O–H groups in total. The Labute approximate surface area is 96.7 Å². The Balaban J connectivity index is 2.27. The van der Waals surface area contributed by atoms with Gasteiger partial charge in [0.1, 0.15) is 5.82 Å². The summed E-state index contributed by atoms with van der Waals surface area (Å²) in [5, 5.41) is 1.17. The zero-order valence-electron chi connectivity index (χ0n) is 10.0. The van der Waals surface area contributed by atoms with Crippen LogP contribution in [0, 0.1) is 6.92 Å². The van der Waals surface area contributed by atoms with Gasteiger partial charge in [-0.3, -0.25) is 0 Å². The molecule has 0 fully saturated rings. The molecule has 1 aromatic heterocycles. The van der Waals surface area contributed by atoms with Gasteiger partial charge in [-0.05, 0) is 19.4 Å². The number of aryl methyl sites for hydroxylation is 2. The van der Waals surface area contributed by atoms with E-state index in [1.54, 1.807) is 0 Å². The summed E-state index contributed by atoms with van der Waals surface area (Å²) in [5.41, 5.74) is 2.17. The Bertz CT molecular complexity index is 477. The lowest BCUT2D eigenvalue weighted by molar-refractivity contribution is 0.694. The first kappa shape index (κ1) is 11.1. The Kier molecular flexibility index (Phi) is 3.50. The molecule has 1 aromatic carbocycles. The summed E-state index contributed by atoms with van der Waals surface area (Å²) >= 11 is 0. The molecular weight excluding hydrogens is 196 g/mol. The minimum atomic E-state index is 0.990. The van der Waals surface area contributed by atoms with E-state index in [9.17, 15) is 0 Å². The van der Waals surface area contributed by atoms with Gasteiger partial charge in [0.05, 0.1) is 5.52 Å². The van der Waals surface area contributed by atoms with Crippen LogP contribution in [0.15, 0.2) is 24.3 Å². The van der Waals surface area contributed by atoms with Crippen LogP contribution in [0.5, 0.6) is 0 Å². The summed E-state index contributed by atoms with van der Waals surface area (Å²) in [5.74, 6) is 0.990. The largest absolute Gasteiger partial charge is 0.238 e. The molecule has 16 heavy (non-hydrogen) atoms. The molecule has 0 saturated heterocycles. The Morgan fingerprint density at radius 3 is 2.69 bits per heavy atom. The first-order valence-electron chi connectivity index (χ1n) is 6.03. The molecule has 2 heteroatoms. The molecule has 0 spiro atoms. The van der Waals surface area contributed by atoms with E-state index < -0.39 is 0 Å². The van der Waals surface area contributed by atoms with E-state index in [0.717, 1.165) is 23.5 Å². The van der Waals surface area contributed by atoms with Gasteiger partial charge >= 0.3 is 0 Å². The molecule has 0 bridgehead atoms. The highest BCUT2D eigenvalue weighted by Gasteiger charge is 2.03. The summed E-state index contributed by atoms with van der Waals surface area (Å²) in [6.07, 6.45) is 4.69. The predicted molar refractivity (Wildman–Crippen MR) is 67.5 cm³/mol. The molecule has 0 saturated carbocycles. The first-order valence-corrected chi connectivity index (χ1v) is 6.03. The maximum Gasteiger partial charge on any atom is 0.129 e. The Morgan fingerprint density at radius 1 is 1.06 bits per heavy atom. The summed E-state index contributed by atoms with van der Waals surface area (Å²) in [7, 11) is 0. The van der Waals surface area contributed by atoms with E-state index >= 15 is 0 Å². The average Bonchev–Trinajstić information content (AvgIpc) is 2.30. The highest BCUT2D eigenvalue weighted by molar-refractivity contribution is 5.80. The van der Waals surface area contributed by atoms with E-state index in [2.05, 4.69) is 35.9 Å². The fourth-order valence-electron chi connectivity index (χ4n) is 1.94. The van der Waals surface area contributed by atoms with Crippen LogP contribution in [0.2, 0.25) is 0 Å². The lowest BCUT2D eigenvalue weighted by Gasteiger charge is -2.04. The molecule has 1 heterocycles. The van der Waals surface area contributed by atoms with Crippen LogP contribution in [-0.4, -0.2) is 9.97 Å². The van der Waals surface area contributed by atoms with Crippen molar-refractivity contribution < 1.29 is 0 Å². The molecule has 2 aromatic rings. The molecule has 0 unspecified atom stereocenters. The SMILES string of the molecule is CCCCCc1nc(C)c2ccccc2n1. The lowest BCUT2D eigenvalue weighted by Crippen LogP contribution is -1.98. The molecule has 0 amide bonds. The monoisotopic (exact) mass is 214 g/mol. The summed E-state index contributed by atoms with van der Waals surface area (Å²) in [4.78, 5) is 9.16. The highest BCUT2D eigenvalue weighted by Crippen LogP contribution is 2.15. The van der Waals surface area contributed by atoms with Gasteiger partial charge in [0.15, 0.2) is 0 Å². The standard InChI is InChI=1S/C14H18N2/c1-3-4-5-10-14-15-11(2)12-8-6-7-9-13(12)16-14/h6-9H,3-5,10H2,1-2H3. The number of rotatable bonds is 4. The van der Waals surface area contributed by atoms with Crippen LogP contribution < -0.4 is 0 Å². The maximum atomic E-state index is 4.60. The molecule has 0 radical (unpaired) electrons. The second-order valence-corrected chi connectivity index (χ2v) is 4.20. The fraction of sp³-hybridized carbons (Fsp3) is 0.429. The number of fused-ring (bicyclic) bond motifs is 1. The van der Waals surface area contributed by atoms with Crippen molar-refractivity contribution in [2.45, 2.75) is 39.5 Å². The normalized spacial score (nSPS) is 10.9. The molecule has 2 rings (SSSR count). The van der Waals surface area contributed by atoms with Gasteiger partial charge in [-0.1, -0.05) is 38.0 Å². The third-order valence-electron chi connectivity index (χ3n) is 2.84. The highest BCUT2D eigenvalue weighted by atomic mass is 14.9. The number of benzene rings is 1. The van der Waals surface area contributed by atoms with Gasteiger partial charge in [-0.15, -0.1) is 0 Å². The quantitative estimate of drug-likeness (QED) is 0.726. The van der Waals surface area contributed by atoms with Crippen LogP contribution in [0.1, 0.15) is 37.7 Å². The van der Waals surface area contributed by atoms with Crippen molar-refractivity contribution in [3.8, 4) is 0 Å². The molecule has 0 aliphatic heterocycles. The summed E-state index contributed by atoms with van der Waals surface area (Å²) in [6.45, 7) is 4.28. The number of para-hydroxylation sites is 1. The minimum absolute atomic E-state index is 0.990. The fourth-order valence-corrected chi connectivity index (χ4v) is 1.94. The number of aromatic nitrogens is 2. The van der Waals surface area contributed by atoms with Crippen LogP contribution in [0.3, 0.4) is 0 Å². The van der Waals surface area contributed by atoms with E-state index in [0.29, 0.717) is 0 Å². The molecule has 0 aliphatic rings. The zero-order valence-corrected chi connectivity index (χ0v) is 10.0. The number of hydrogen-bond donors (Lipinski definition) is 0. The third kappa shape index (κ3) is 2.38. The smallest absolute Gasteiger partial charge is 0.129 e. The lowest BCUT2D eigenvalue weighted by atomic mass is 10.1. The van der Waals surface area contributed by atoms with Gasteiger partial charge in [0.2, 0.25) is 0 Å². The molecule has 0 atom stereocenters. The maximum absolute atomic E-state index is 4.60. The summed E-state index contributed by atoms with van der Waals surface area (Å²) < 4.78 is 0. The van der Waals surface area contributed by atoms with Crippen LogP contribution >= 0.6 is 0 Å². The van der Waals surface area contributed by atoms with Crippen LogP contribution in [-0.2, 0) is 6.42 Å². The topological polar surface area (TPSA) is 25.8 Å². The van der Waals surface area contributed by atoms with E-state index in [1.807, 2.05) is 12.1 Å². The van der Waals surface area contributed by atoms with Crippen molar-refractivity contribution in [2.75, 3.05) is 0 Å². The number of nitrogens with zero attached hydrogens (tertiary/aromatic N) is 2. The average molecular weight is 214 g/mol. The van der Waals surface area contributed by atoms with Crippen LogP contribution in [0.4, 0.5) is 0 Å². The van der Waals surface area contributed by atoms with Gasteiger partial charge in [0, 0.05) is 17.5 Å². The number of hydrogen-bond acceptors (Lipinski definition) is 2. The van der Waals surface area contributed by atoms with E-state index in [4.69, 9.17) is 0 Å².